The molecule has 0 bridgehead atoms. The number of sulfonamides is 1. The predicted molar refractivity (Wildman–Crippen MR) is 98.9 cm³/mol. The van der Waals surface area contributed by atoms with Crippen LogP contribution in [0.3, 0.4) is 0 Å². The standard InChI is InChI=1S/C18H20N2O6S/c1-3-25-15-8-6-14(7-9-15)20-17(21)12(2)26-18(22)13-4-10-16(11-5-13)27(19,23)24/h4-12H,3H2,1-2H3,(H,20,21)(H2,19,23,24). The molecule has 1 unspecified atom stereocenters. The highest BCUT2D eigenvalue weighted by Crippen LogP contribution is 2.16. The minimum absolute atomic E-state index is 0.100. The smallest absolute Gasteiger partial charge is 0.338 e. The van der Waals surface area contributed by atoms with Gasteiger partial charge in [-0.3, -0.25) is 4.79 Å². The Balaban J connectivity index is 1.95. The zero-order chi connectivity index (χ0) is 20.0. The number of primary sulfonamides is 1. The minimum Gasteiger partial charge on any atom is -0.494 e. The number of rotatable bonds is 7. The largest absolute Gasteiger partial charge is 0.494 e. The summed E-state index contributed by atoms with van der Waals surface area (Å²) < 4.78 is 32.8. The lowest BCUT2D eigenvalue weighted by molar-refractivity contribution is -0.123. The summed E-state index contributed by atoms with van der Waals surface area (Å²) in [6.07, 6.45) is -1.05. The van der Waals surface area contributed by atoms with E-state index < -0.39 is 28.0 Å². The highest BCUT2D eigenvalue weighted by atomic mass is 32.2. The minimum atomic E-state index is -3.85. The van der Waals surface area contributed by atoms with Crippen LogP contribution in [0.2, 0.25) is 0 Å². The highest BCUT2D eigenvalue weighted by Gasteiger charge is 2.19. The zero-order valence-corrected chi connectivity index (χ0v) is 15.7. The van der Waals surface area contributed by atoms with Crippen molar-refractivity contribution in [2.45, 2.75) is 24.8 Å². The number of anilines is 1. The van der Waals surface area contributed by atoms with Crippen molar-refractivity contribution in [1.29, 1.82) is 0 Å². The number of esters is 1. The number of amides is 1. The Morgan fingerprint density at radius 1 is 1.07 bits per heavy atom. The Morgan fingerprint density at radius 3 is 2.19 bits per heavy atom. The fourth-order valence-electron chi connectivity index (χ4n) is 2.11. The summed E-state index contributed by atoms with van der Waals surface area (Å²) in [5, 5.41) is 7.63. The number of benzene rings is 2. The van der Waals surface area contributed by atoms with E-state index in [1.807, 2.05) is 6.92 Å². The van der Waals surface area contributed by atoms with Gasteiger partial charge in [0.1, 0.15) is 5.75 Å². The van der Waals surface area contributed by atoms with Gasteiger partial charge in [0.05, 0.1) is 17.1 Å². The Morgan fingerprint density at radius 2 is 1.67 bits per heavy atom. The van der Waals surface area contributed by atoms with Gasteiger partial charge in [-0.25, -0.2) is 18.4 Å². The van der Waals surface area contributed by atoms with E-state index in [1.165, 1.54) is 31.2 Å². The predicted octanol–water partition coefficient (Wildman–Crippen LogP) is 1.92. The summed E-state index contributed by atoms with van der Waals surface area (Å²) in [5.74, 6) is -0.586. The van der Waals surface area contributed by atoms with Crippen molar-refractivity contribution < 1.29 is 27.5 Å². The summed E-state index contributed by atoms with van der Waals surface area (Å²) in [6.45, 7) is 3.84. The van der Waals surface area contributed by atoms with Gasteiger partial charge in [-0.2, -0.15) is 0 Å². The molecule has 2 rings (SSSR count). The second-order valence-corrected chi connectivity index (χ2v) is 7.12. The number of carbonyl (C=O) groups excluding carboxylic acids is 2. The van der Waals surface area contributed by atoms with Crippen molar-refractivity contribution in [1.82, 2.24) is 0 Å². The zero-order valence-electron chi connectivity index (χ0n) is 14.8. The third-order valence-corrected chi connectivity index (χ3v) is 4.43. The SMILES string of the molecule is CCOc1ccc(NC(=O)C(C)OC(=O)c2ccc(S(N)(=O)=O)cc2)cc1. The average Bonchev–Trinajstić information content (AvgIpc) is 2.63. The van der Waals surface area contributed by atoms with Crippen molar-refractivity contribution in [3.8, 4) is 5.75 Å². The maximum atomic E-state index is 12.2. The van der Waals surface area contributed by atoms with Gasteiger partial charge < -0.3 is 14.8 Å². The molecule has 0 spiro atoms. The molecule has 2 aromatic rings. The van der Waals surface area contributed by atoms with Crippen LogP contribution in [0.25, 0.3) is 0 Å². The van der Waals surface area contributed by atoms with Crippen LogP contribution in [-0.4, -0.2) is 33.0 Å². The quantitative estimate of drug-likeness (QED) is 0.694. The van der Waals surface area contributed by atoms with E-state index in [9.17, 15) is 18.0 Å². The van der Waals surface area contributed by atoms with Crippen LogP contribution in [0.1, 0.15) is 24.2 Å². The van der Waals surface area contributed by atoms with Gasteiger partial charge in [0.2, 0.25) is 10.0 Å². The summed E-state index contributed by atoms with van der Waals surface area (Å²) in [5.41, 5.74) is 0.631. The number of hydrogen-bond acceptors (Lipinski definition) is 6. The number of ether oxygens (including phenoxy) is 2. The first-order valence-electron chi connectivity index (χ1n) is 8.08. The van der Waals surface area contributed by atoms with Gasteiger partial charge in [-0.15, -0.1) is 0 Å². The van der Waals surface area contributed by atoms with Crippen LogP contribution in [0.4, 0.5) is 5.69 Å². The van der Waals surface area contributed by atoms with Crippen LogP contribution in [0.15, 0.2) is 53.4 Å². The van der Waals surface area contributed by atoms with Gasteiger partial charge >= 0.3 is 5.97 Å². The second-order valence-electron chi connectivity index (χ2n) is 5.56. The van der Waals surface area contributed by atoms with E-state index >= 15 is 0 Å². The molecule has 0 heterocycles. The molecule has 0 saturated heterocycles. The van der Waals surface area contributed by atoms with Gasteiger partial charge in [-0.05, 0) is 62.4 Å². The van der Waals surface area contributed by atoms with Crippen molar-refractivity contribution in [3.05, 3.63) is 54.1 Å². The molecular formula is C18H20N2O6S. The van der Waals surface area contributed by atoms with Crippen LogP contribution in [-0.2, 0) is 19.6 Å². The van der Waals surface area contributed by atoms with Crippen LogP contribution in [0.5, 0.6) is 5.75 Å². The molecular weight excluding hydrogens is 372 g/mol. The molecule has 0 aliphatic rings. The van der Waals surface area contributed by atoms with Crippen LogP contribution < -0.4 is 15.2 Å². The van der Waals surface area contributed by atoms with E-state index in [1.54, 1.807) is 24.3 Å². The Hall–Kier alpha value is -2.91. The van der Waals surface area contributed by atoms with Crippen molar-refractivity contribution in [2.75, 3.05) is 11.9 Å². The normalized spacial score (nSPS) is 12.1. The van der Waals surface area contributed by atoms with E-state index in [2.05, 4.69) is 5.32 Å². The molecule has 0 aliphatic heterocycles. The number of hydrogen-bond donors (Lipinski definition) is 2. The molecule has 1 amide bonds. The van der Waals surface area contributed by atoms with Crippen molar-refractivity contribution in [3.63, 3.8) is 0 Å². The third kappa shape index (κ3) is 5.80. The van der Waals surface area contributed by atoms with E-state index in [0.717, 1.165) is 0 Å². The molecule has 0 fully saturated rings. The van der Waals surface area contributed by atoms with Crippen LogP contribution >= 0.6 is 0 Å². The second kappa shape index (κ2) is 8.65. The number of nitrogens with one attached hydrogen (secondary N) is 1. The lowest BCUT2D eigenvalue weighted by Gasteiger charge is -2.14. The molecule has 27 heavy (non-hydrogen) atoms. The Labute approximate surface area is 157 Å². The molecule has 9 heteroatoms. The topological polar surface area (TPSA) is 125 Å². The lowest BCUT2D eigenvalue weighted by Crippen LogP contribution is -2.30. The molecule has 1 atom stereocenters. The van der Waals surface area contributed by atoms with Crippen molar-refractivity contribution >= 4 is 27.6 Å². The van der Waals surface area contributed by atoms with E-state index in [-0.39, 0.29) is 10.5 Å². The van der Waals surface area contributed by atoms with Gasteiger partial charge in [-0.1, -0.05) is 0 Å². The first-order valence-corrected chi connectivity index (χ1v) is 9.63. The third-order valence-electron chi connectivity index (χ3n) is 3.50. The first-order chi connectivity index (χ1) is 12.7. The molecule has 144 valence electrons. The number of carbonyl (C=O) groups is 2. The molecule has 0 aliphatic carbocycles. The maximum Gasteiger partial charge on any atom is 0.338 e. The maximum absolute atomic E-state index is 12.2. The summed E-state index contributed by atoms with van der Waals surface area (Å²) in [7, 11) is -3.85. The molecule has 3 N–H and O–H groups in total. The lowest BCUT2D eigenvalue weighted by atomic mass is 10.2. The molecule has 0 saturated carbocycles. The molecule has 8 nitrogen and oxygen atoms in total. The fraction of sp³-hybridized carbons (Fsp3) is 0.222. The Bertz CT molecular complexity index is 908. The molecule has 2 aromatic carbocycles. The Kier molecular flexibility index (Phi) is 6.54. The molecule has 0 aromatic heterocycles. The monoisotopic (exact) mass is 392 g/mol. The van der Waals surface area contributed by atoms with E-state index in [0.29, 0.717) is 18.0 Å². The summed E-state index contributed by atoms with van der Waals surface area (Å²) in [6, 6.07) is 11.7. The highest BCUT2D eigenvalue weighted by molar-refractivity contribution is 7.89. The average molecular weight is 392 g/mol. The van der Waals surface area contributed by atoms with Gasteiger partial charge in [0.25, 0.3) is 5.91 Å². The molecule has 0 radical (unpaired) electrons. The fourth-order valence-corrected chi connectivity index (χ4v) is 2.62. The van der Waals surface area contributed by atoms with E-state index in [4.69, 9.17) is 14.6 Å². The summed E-state index contributed by atoms with van der Waals surface area (Å²) in [4.78, 5) is 24.1. The summed E-state index contributed by atoms with van der Waals surface area (Å²) >= 11 is 0. The van der Waals surface area contributed by atoms with Crippen LogP contribution in [0, 0.1) is 0 Å². The van der Waals surface area contributed by atoms with Gasteiger partial charge in [0, 0.05) is 5.69 Å². The first kappa shape index (κ1) is 20.4. The number of nitrogens with two attached hydrogens (primary N) is 1. The van der Waals surface area contributed by atoms with Gasteiger partial charge in [0.15, 0.2) is 6.10 Å². The van der Waals surface area contributed by atoms with Crippen molar-refractivity contribution in [2.24, 2.45) is 5.14 Å².